The summed E-state index contributed by atoms with van der Waals surface area (Å²) in [7, 11) is 0. The summed E-state index contributed by atoms with van der Waals surface area (Å²) in [5.74, 6) is 0. The van der Waals surface area contributed by atoms with Gasteiger partial charge >= 0.3 is 0 Å². The number of ether oxygens (including phenoxy) is 9. The molecule has 9 fully saturated rings. The smallest absolute Gasteiger partial charge is 0.145 e. The van der Waals surface area contributed by atoms with Crippen molar-refractivity contribution in [1.82, 2.24) is 0 Å². The average Bonchev–Trinajstić information content (AvgIpc) is 3.26. The molecule has 9 aliphatic rings. The second kappa shape index (κ2) is 13.9. The van der Waals surface area contributed by atoms with Crippen molar-refractivity contribution in [2.45, 2.75) is 219 Å². The van der Waals surface area contributed by atoms with E-state index < -0.39 is 42.2 Å². The van der Waals surface area contributed by atoms with Gasteiger partial charge in [-0.15, -0.1) is 0 Å². The quantitative estimate of drug-likeness (QED) is 0.287. The van der Waals surface area contributed by atoms with E-state index in [0.29, 0.717) is 56.9 Å². The zero-order valence-corrected chi connectivity index (χ0v) is 29.9. The van der Waals surface area contributed by atoms with Crippen molar-refractivity contribution in [2.24, 2.45) is 0 Å². The van der Waals surface area contributed by atoms with Gasteiger partial charge in [-0.2, -0.15) is 0 Å². The summed E-state index contributed by atoms with van der Waals surface area (Å²) in [5.41, 5.74) is 0.0815. The van der Waals surface area contributed by atoms with Gasteiger partial charge in [0.15, 0.2) is 0 Å². The number of carbonyl (C=O) groups is 1. The average molecular weight is 721 g/mol. The Morgan fingerprint density at radius 3 is 1.88 bits per heavy atom. The van der Waals surface area contributed by atoms with Gasteiger partial charge in [0.25, 0.3) is 0 Å². The Hall–Kier alpha value is -1.07. The number of hydrogen-bond donors (Lipinski definition) is 3. The molecule has 0 amide bonds. The zero-order valence-electron chi connectivity index (χ0n) is 29.9. The van der Waals surface area contributed by atoms with Crippen LogP contribution in [0.4, 0.5) is 0 Å². The number of carbonyl (C=O) groups excluding carboxylic acids is 1. The van der Waals surface area contributed by atoms with Crippen molar-refractivity contribution in [3.05, 3.63) is 11.6 Å². The first-order valence-corrected chi connectivity index (χ1v) is 19.6. The normalized spacial score (nSPS) is 56.9. The van der Waals surface area contributed by atoms with Crippen LogP contribution >= 0.6 is 0 Å². The van der Waals surface area contributed by atoms with Crippen molar-refractivity contribution in [3.63, 3.8) is 0 Å². The zero-order chi connectivity index (χ0) is 35.2. The van der Waals surface area contributed by atoms with Gasteiger partial charge < -0.3 is 58.0 Å². The largest absolute Gasteiger partial charge is 0.390 e. The SMILES string of the molecule is C/C(C=O)=C\C[C@H]1C[C@@H]2O[C@@H]3C[C@@H]4O[C@@H]5C[C@@H]6O[C@@H]7CC[C@@H]8O[C@@H]9C[C@H](O)[C@@H](C)O[C@H]9C[C@H]8O[C@@]7(C)C[C@H]6O[C@H]5[C@@H](O)C[C@H]4O[C@H]3[C@@H](O)C[C@H]2O1. The summed E-state index contributed by atoms with van der Waals surface area (Å²) in [4.78, 5) is 11.1. The second-order valence-corrected chi connectivity index (χ2v) is 17.2. The molecule has 21 atom stereocenters. The Kier molecular flexibility index (Phi) is 9.71. The minimum absolute atomic E-state index is 0.0721. The van der Waals surface area contributed by atoms with Crippen molar-refractivity contribution < 1.29 is 62.7 Å². The first kappa shape index (κ1) is 35.6. The third-order valence-corrected chi connectivity index (χ3v) is 13.5. The highest BCUT2D eigenvalue weighted by atomic mass is 16.6. The Labute approximate surface area is 299 Å². The topological polar surface area (TPSA) is 161 Å². The van der Waals surface area contributed by atoms with Crippen LogP contribution in [0.15, 0.2) is 11.6 Å². The fourth-order valence-corrected chi connectivity index (χ4v) is 10.8. The van der Waals surface area contributed by atoms with E-state index in [2.05, 4.69) is 6.92 Å². The lowest BCUT2D eigenvalue weighted by atomic mass is 9.81. The fourth-order valence-electron chi connectivity index (χ4n) is 10.8. The molecule has 0 aliphatic carbocycles. The van der Waals surface area contributed by atoms with Crippen LogP contribution in [0, 0.1) is 0 Å². The van der Waals surface area contributed by atoms with E-state index in [0.717, 1.165) is 25.5 Å². The Morgan fingerprint density at radius 1 is 0.608 bits per heavy atom. The summed E-state index contributed by atoms with van der Waals surface area (Å²) in [5, 5.41) is 33.3. The predicted molar refractivity (Wildman–Crippen MR) is 177 cm³/mol. The van der Waals surface area contributed by atoms with E-state index in [4.69, 9.17) is 42.6 Å². The molecule has 9 aliphatic heterocycles. The molecular weight excluding hydrogens is 664 g/mol. The molecule has 9 saturated heterocycles. The van der Waals surface area contributed by atoms with Crippen molar-refractivity contribution >= 4 is 6.29 Å². The summed E-state index contributed by atoms with van der Waals surface area (Å²) >= 11 is 0. The lowest BCUT2D eigenvalue weighted by molar-refractivity contribution is -0.307. The van der Waals surface area contributed by atoms with Crippen LogP contribution in [0.3, 0.4) is 0 Å². The molecule has 9 rings (SSSR count). The molecule has 0 radical (unpaired) electrons. The van der Waals surface area contributed by atoms with Gasteiger partial charge in [-0.25, -0.2) is 0 Å². The highest BCUT2D eigenvalue weighted by molar-refractivity contribution is 5.71. The van der Waals surface area contributed by atoms with Gasteiger partial charge in [0.05, 0.1) is 115 Å². The minimum atomic E-state index is -0.813. The lowest BCUT2D eigenvalue weighted by Crippen LogP contribution is -2.63. The molecule has 9 heterocycles. The van der Waals surface area contributed by atoms with Crippen molar-refractivity contribution in [1.29, 1.82) is 0 Å². The van der Waals surface area contributed by atoms with Gasteiger partial charge in [0.2, 0.25) is 0 Å². The van der Waals surface area contributed by atoms with E-state index in [1.807, 2.05) is 13.0 Å². The fraction of sp³-hybridized carbons (Fsp3) is 0.921. The number of hydrogen-bond acceptors (Lipinski definition) is 13. The number of rotatable bonds is 3. The van der Waals surface area contributed by atoms with Crippen molar-refractivity contribution in [3.8, 4) is 0 Å². The Bertz CT molecular complexity index is 1310. The predicted octanol–water partition coefficient (Wildman–Crippen LogP) is 1.82. The van der Waals surface area contributed by atoms with Crippen LogP contribution < -0.4 is 0 Å². The second-order valence-electron chi connectivity index (χ2n) is 17.2. The number of fused-ring (bicyclic) bond motifs is 8. The number of aldehydes is 1. The molecule has 286 valence electrons. The molecule has 0 spiro atoms. The molecule has 13 nitrogen and oxygen atoms in total. The summed E-state index contributed by atoms with van der Waals surface area (Å²) in [6, 6.07) is 0. The van der Waals surface area contributed by atoms with Crippen LogP contribution in [-0.4, -0.2) is 149 Å². The lowest BCUT2D eigenvalue weighted by Gasteiger charge is -2.53. The van der Waals surface area contributed by atoms with Crippen LogP contribution in [0.1, 0.15) is 91.4 Å². The molecule has 0 saturated carbocycles. The maximum absolute atomic E-state index is 11.6. The van der Waals surface area contributed by atoms with E-state index >= 15 is 0 Å². The van der Waals surface area contributed by atoms with Crippen LogP contribution in [-0.2, 0) is 47.4 Å². The van der Waals surface area contributed by atoms with E-state index in [9.17, 15) is 20.1 Å². The number of aliphatic hydroxyl groups is 3. The van der Waals surface area contributed by atoms with E-state index in [1.54, 1.807) is 6.92 Å². The summed E-state index contributed by atoms with van der Waals surface area (Å²) in [6.07, 6.45) is 2.89. The third-order valence-electron chi connectivity index (χ3n) is 13.5. The highest BCUT2D eigenvalue weighted by Gasteiger charge is 2.59. The molecule has 13 heteroatoms. The van der Waals surface area contributed by atoms with Gasteiger partial charge in [0, 0.05) is 51.4 Å². The van der Waals surface area contributed by atoms with Gasteiger partial charge in [-0.1, -0.05) is 6.08 Å². The number of allylic oxidation sites excluding steroid dienone is 1. The highest BCUT2D eigenvalue weighted by Crippen LogP contribution is 2.48. The molecule has 51 heavy (non-hydrogen) atoms. The minimum Gasteiger partial charge on any atom is -0.390 e. The molecule has 0 aromatic carbocycles. The van der Waals surface area contributed by atoms with E-state index in [-0.39, 0.29) is 85.5 Å². The van der Waals surface area contributed by atoms with Crippen molar-refractivity contribution in [2.75, 3.05) is 0 Å². The summed E-state index contributed by atoms with van der Waals surface area (Å²) < 4.78 is 59.4. The maximum atomic E-state index is 11.6. The monoisotopic (exact) mass is 720 g/mol. The first-order chi connectivity index (χ1) is 24.5. The van der Waals surface area contributed by atoms with Crippen LogP contribution in [0.5, 0.6) is 0 Å². The molecule has 0 aromatic heterocycles. The summed E-state index contributed by atoms with van der Waals surface area (Å²) in [6.45, 7) is 5.81. The number of aliphatic hydroxyl groups excluding tert-OH is 3. The molecule has 0 unspecified atom stereocenters. The molecule has 0 bridgehead atoms. The van der Waals surface area contributed by atoms with Crippen LogP contribution in [0.2, 0.25) is 0 Å². The molecular formula is C38H56O13. The van der Waals surface area contributed by atoms with Crippen LogP contribution in [0.25, 0.3) is 0 Å². The van der Waals surface area contributed by atoms with Gasteiger partial charge in [-0.05, 0) is 45.6 Å². The molecule has 3 N–H and O–H groups in total. The van der Waals surface area contributed by atoms with Gasteiger partial charge in [0.1, 0.15) is 18.5 Å². The third kappa shape index (κ3) is 6.69. The van der Waals surface area contributed by atoms with Gasteiger partial charge in [-0.3, -0.25) is 4.79 Å². The first-order valence-electron chi connectivity index (χ1n) is 19.6. The standard InChI is InChI=1S/C38H56O13/c1-17(16-39)4-5-19-8-24-25(44-19)10-21(41)36-32(46-24)13-29-27(49-36)11-22(42)37-33(47-29)14-30-34(50-37)15-38(3)35(48-30)7-6-23-31(51-38)12-28-26(45-23)9-20(40)18(2)43-28/h4,16,18-37,40-42H,5-15H2,1-3H3/b17-4+/t18-,19+,20+,21+,22+,23+,24+,25-,26-,27-,28+,29+,30+,31-,32-,33-,34-,35-,36+,37+,38+/m1/s1. The maximum Gasteiger partial charge on any atom is 0.145 e. The van der Waals surface area contributed by atoms with E-state index in [1.165, 1.54) is 0 Å². The Morgan fingerprint density at radius 2 is 1.16 bits per heavy atom. The molecule has 0 aromatic rings. The Balaban J connectivity index is 0.862.